The number of nitrogen functional groups attached to an aromatic ring is 1. The van der Waals surface area contributed by atoms with Gasteiger partial charge in [0.15, 0.2) is 0 Å². The van der Waals surface area contributed by atoms with Gasteiger partial charge in [-0.1, -0.05) is 29.3 Å². The maximum atomic E-state index is 10.9. The lowest BCUT2D eigenvalue weighted by Crippen LogP contribution is -2.05. The Bertz CT molecular complexity index is 645. The van der Waals surface area contributed by atoms with Crippen LogP contribution in [0.25, 0.3) is 11.1 Å². The molecule has 3 N–H and O–H groups in total. The molecule has 0 saturated carbocycles. The van der Waals surface area contributed by atoms with Crippen molar-refractivity contribution in [2.45, 2.75) is 6.42 Å². The van der Waals surface area contributed by atoms with Crippen LogP contribution in [0.15, 0.2) is 30.5 Å². The standard InChI is InChI=1S/C13H10Cl2N2O2/c14-9-2-1-7(5-10(9)15)12-8(6-11(18)19)3-4-17-13(12)16/h1-5H,6H2,(H2,16,17)(H,18,19). The number of hydrogen-bond acceptors (Lipinski definition) is 3. The van der Waals surface area contributed by atoms with Gasteiger partial charge in [-0.2, -0.15) is 0 Å². The molecule has 0 aliphatic heterocycles. The topological polar surface area (TPSA) is 76.2 Å². The molecule has 2 aromatic rings. The molecule has 0 radical (unpaired) electrons. The fourth-order valence-corrected chi connectivity index (χ4v) is 2.11. The van der Waals surface area contributed by atoms with E-state index in [-0.39, 0.29) is 12.2 Å². The second-order valence-electron chi connectivity index (χ2n) is 3.93. The maximum Gasteiger partial charge on any atom is 0.307 e. The van der Waals surface area contributed by atoms with Crippen LogP contribution < -0.4 is 5.73 Å². The van der Waals surface area contributed by atoms with Crippen LogP contribution in [0.1, 0.15) is 5.56 Å². The predicted octanol–water partition coefficient (Wildman–Crippen LogP) is 3.26. The van der Waals surface area contributed by atoms with Crippen LogP contribution in [-0.2, 0) is 11.2 Å². The van der Waals surface area contributed by atoms with E-state index >= 15 is 0 Å². The van der Waals surface area contributed by atoms with Crippen molar-refractivity contribution in [3.63, 3.8) is 0 Å². The fourth-order valence-electron chi connectivity index (χ4n) is 1.82. The number of halogens is 2. The number of rotatable bonds is 3. The molecule has 0 unspecified atom stereocenters. The Morgan fingerprint density at radius 3 is 2.63 bits per heavy atom. The van der Waals surface area contributed by atoms with Gasteiger partial charge in [0.1, 0.15) is 5.82 Å². The third-order valence-electron chi connectivity index (χ3n) is 2.62. The summed E-state index contributed by atoms with van der Waals surface area (Å²) in [5.41, 5.74) is 7.68. The van der Waals surface area contributed by atoms with Gasteiger partial charge in [0.25, 0.3) is 0 Å². The van der Waals surface area contributed by atoms with E-state index in [0.717, 1.165) is 0 Å². The van der Waals surface area contributed by atoms with Crippen molar-refractivity contribution in [2.75, 3.05) is 5.73 Å². The summed E-state index contributed by atoms with van der Waals surface area (Å²) in [5, 5.41) is 9.72. The summed E-state index contributed by atoms with van der Waals surface area (Å²) >= 11 is 11.8. The summed E-state index contributed by atoms with van der Waals surface area (Å²) in [6.45, 7) is 0. The molecule has 4 nitrogen and oxygen atoms in total. The van der Waals surface area contributed by atoms with Gasteiger partial charge in [0.05, 0.1) is 16.5 Å². The molecule has 0 aliphatic rings. The third-order valence-corrected chi connectivity index (χ3v) is 3.36. The summed E-state index contributed by atoms with van der Waals surface area (Å²) in [5.74, 6) is -0.677. The molecule has 0 amide bonds. The maximum absolute atomic E-state index is 10.9. The number of aromatic nitrogens is 1. The third kappa shape index (κ3) is 2.97. The molecular weight excluding hydrogens is 287 g/mol. The Hall–Kier alpha value is -1.78. The van der Waals surface area contributed by atoms with E-state index in [1.165, 1.54) is 6.20 Å². The average molecular weight is 297 g/mol. The first-order valence-electron chi connectivity index (χ1n) is 5.39. The van der Waals surface area contributed by atoms with Crippen molar-refractivity contribution < 1.29 is 9.90 Å². The van der Waals surface area contributed by atoms with Gasteiger partial charge in [-0.25, -0.2) is 4.98 Å². The zero-order chi connectivity index (χ0) is 14.0. The number of anilines is 1. The first kappa shape index (κ1) is 13.6. The van der Waals surface area contributed by atoms with Crippen LogP contribution in [0.4, 0.5) is 5.82 Å². The van der Waals surface area contributed by atoms with Crippen molar-refractivity contribution in [3.05, 3.63) is 46.1 Å². The number of nitrogens with two attached hydrogens (primary N) is 1. The number of benzene rings is 1. The highest BCUT2D eigenvalue weighted by Gasteiger charge is 2.13. The number of carboxylic acid groups (broad SMARTS) is 1. The molecule has 19 heavy (non-hydrogen) atoms. The van der Waals surface area contributed by atoms with E-state index in [2.05, 4.69) is 4.98 Å². The zero-order valence-electron chi connectivity index (χ0n) is 9.73. The summed E-state index contributed by atoms with van der Waals surface area (Å²) in [6.07, 6.45) is 1.34. The number of nitrogens with zero attached hydrogens (tertiary/aromatic N) is 1. The normalized spacial score (nSPS) is 10.4. The van der Waals surface area contributed by atoms with E-state index in [1.54, 1.807) is 24.3 Å². The van der Waals surface area contributed by atoms with Crippen LogP contribution in [0.5, 0.6) is 0 Å². The second-order valence-corrected chi connectivity index (χ2v) is 4.74. The van der Waals surface area contributed by atoms with Gasteiger partial charge in [0.2, 0.25) is 0 Å². The Balaban J connectivity index is 2.59. The highest BCUT2D eigenvalue weighted by atomic mass is 35.5. The first-order valence-corrected chi connectivity index (χ1v) is 6.15. The molecule has 0 bridgehead atoms. The van der Waals surface area contributed by atoms with Gasteiger partial charge in [-0.05, 0) is 29.3 Å². The van der Waals surface area contributed by atoms with Crippen LogP contribution in [0.3, 0.4) is 0 Å². The minimum Gasteiger partial charge on any atom is -0.481 e. The molecule has 0 fully saturated rings. The Labute approximate surface area is 119 Å². The molecule has 6 heteroatoms. The SMILES string of the molecule is Nc1nccc(CC(=O)O)c1-c1ccc(Cl)c(Cl)c1. The monoisotopic (exact) mass is 296 g/mol. The Kier molecular flexibility index (Phi) is 3.93. The molecule has 1 aromatic carbocycles. The number of carboxylic acids is 1. The van der Waals surface area contributed by atoms with E-state index in [1.807, 2.05) is 0 Å². The molecule has 0 spiro atoms. The number of pyridine rings is 1. The van der Waals surface area contributed by atoms with Crippen molar-refractivity contribution in [3.8, 4) is 11.1 Å². The molecule has 1 heterocycles. The number of aliphatic carboxylic acids is 1. The molecular formula is C13H10Cl2N2O2. The van der Waals surface area contributed by atoms with Gasteiger partial charge < -0.3 is 10.8 Å². The largest absolute Gasteiger partial charge is 0.481 e. The number of carbonyl (C=O) groups is 1. The van der Waals surface area contributed by atoms with Gasteiger partial charge >= 0.3 is 5.97 Å². The summed E-state index contributed by atoms with van der Waals surface area (Å²) < 4.78 is 0. The van der Waals surface area contributed by atoms with Gasteiger partial charge in [0, 0.05) is 11.8 Å². The van der Waals surface area contributed by atoms with Crippen LogP contribution in [0.2, 0.25) is 10.0 Å². The molecule has 1 aromatic heterocycles. The van der Waals surface area contributed by atoms with E-state index in [9.17, 15) is 4.79 Å². The highest BCUT2D eigenvalue weighted by Crippen LogP contribution is 2.33. The lowest BCUT2D eigenvalue weighted by atomic mass is 9.99. The van der Waals surface area contributed by atoms with Gasteiger partial charge in [-0.3, -0.25) is 4.79 Å². The summed E-state index contributed by atoms with van der Waals surface area (Å²) in [6, 6.07) is 6.63. The lowest BCUT2D eigenvalue weighted by Gasteiger charge is -2.11. The fraction of sp³-hybridized carbons (Fsp3) is 0.0769. The quantitative estimate of drug-likeness (QED) is 0.911. The minimum atomic E-state index is -0.938. The van der Waals surface area contributed by atoms with Crippen LogP contribution in [0, 0.1) is 0 Å². The second kappa shape index (κ2) is 5.47. The minimum absolute atomic E-state index is 0.137. The first-order chi connectivity index (χ1) is 8.99. The molecule has 2 rings (SSSR count). The number of hydrogen-bond donors (Lipinski definition) is 2. The average Bonchev–Trinajstić information content (AvgIpc) is 2.32. The smallest absolute Gasteiger partial charge is 0.307 e. The summed E-state index contributed by atoms with van der Waals surface area (Å²) in [4.78, 5) is 14.9. The highest BCUT2D eigenvalue weighted by molar-refractivity contribution is 6.42. The van der Waals surface area contributed by atoms with Crippen molar-refractivity contribution in [2.24, 2.45) is 0 Å². The van der Waals surface area contributed by atoms with E-state index < -0.39 is 5.97 Å². The molecule has 98 valence electrons. The van der Waals surface area contributed by atoms with E-state index in [4.69, 9.17) is 34.0 Å². The molecule has 0 aliphatic carbocycles. The van der Waals surface area contributed by atoms with Crippen LogP contribution >= 0.6 is 23.2 Å². The van der Waals surface area contributed by atoms with Crippen molar-refractivity contribution in [1.29, 1.82) is 0 Å². The molecule has 0 saturated heterocycles. The van der Waals surface area contributed by atoms with E-state index in [0.29, 0.717) is 26.7 Å². The van der Waals surface area contributed by atoms with Gasteiger partial charge in [-0.15, -0.1) is 0 Å². The zero-order valence-corrected chi connectivity index (χ0v) is 11.2. The lowest BCUT2D eigenvalue weighted by molar-refractivity contribution is -0.136. The predicted molar refractivity (Wildman–Crippen MR) is 75.4 cm³/mol. The van der Waals surface area contributed by atoms with Crippen molar-refractivity contribution >= 4 is 35.0 Å². The Morgan fingerprint density at radius 2 is 2.00 bits per heavy atom. The van der Waals surface area contributed by atoms with Crippen LogP contribution in [-0.4, -0.2) is 16.1 Å². The Morgan fingerprint density at radius 1 is 1.26 bits per heavy atom. The van der Waals surface area contributed by atoms with Crippen molar-refractivity contribution in [1.82, 2.24) is 4.98 Å². The molecule has 0 atom stereocenters. The summed E-state index contributed by atoms with van der Waals surface area (Å²) in [7, 11) is 0.